The average Bonchev–Trinajstić information content (AvgIpc) is 2.04. The monoisotopic (exact) mass is 186 g/mol. The van der Waals surface area contributed by atoms with Crippen molar-refractivity contribution in [3.63, 3.8) is 0 Å². The van der Waals surface area contributed by atoms with E-state index in [4.69, 9.17) is 4.74 Å². The maximum Gasteiger partial charge on any atom is 0.315 e. The fourth-order valence-corrected chi connectivity index (χ4v) is 1.43. The Hall–Kier alpha value is -0.770. The zero-order valence-electron chi connectivity index (χ0n) is 8.35. The highest BCUT2D eigenvalue weighted by atomic mass is 16.5. The van der Waals surface area contributed by atoms with E-state index in [9.17, 15) is 4.79 Å². The fourth-order valence-electron chi connectivity index (χ4n) is 1.43. The molecular weight excluding hydrogens is 168 g/mol. The van der Waals surface area contributed by atoms with Gasteiger partial charge in [0.25, 0.3) is 0 Å². The molecule has 1 aliphatic rings. The molecule has 0 atom stereocenters. The quantitative estimate of drug-likeness (QED) is 0.672. The summed E-state index contributed by atoms with van der Waals surface area (Å²) < 4.78 is 5.23. The number of carbonyl (C=O) groups excluding carboxylic acids is 1. The minimum absolute atomic E-state index is 0.0769. The van der Waals surface area contributed by atoms with Crippen molar-refractivity contribution >= 4 is 6.03 Å². The van der Waals surface area contributed by atoms with Gasteiger partial charge in [0.1, 0.15) is 0 Å². The Labute approximate surface area is 79.0 Å². The topological polar surface area (TPSA) is 50.4 Å². The summed E-state index contributed by atoms with van der Waals surface area (Å²) in [4.78, 5) is 11.3. The zero-order valence-corrected chi connectivity index (χ0v) is 8.35. The van der Waals surface area contributed by atoms with Crippen LogP contribution >= 0.6 is 0 Å². The third-order valence-corrected chi connectivity index (χ3v) is 2.35. The van der Waals surface area contributed by atoms with Gasteiger partial charge in [-0.3, -0.25) is 0 Å². The second-order valence-electron chi connectivity index (χ2n) is 3.66. The number of hydrogen-bond donors (Lipinski definition) is 2. The smallest absolute Gasteiger partial charge is 0.315 e. The van der Waals surface area contributed by atoms with Crippen LogP contribution in [0.5, 0.6) is 0 Å². The van der Waals surface area contributed by atoms with Gasteiger partial charge in [-0.25, -0.2) is 4.79 Å². The van der Waals surface area contributed by atoms with Gasteiger partial charge < -0.3 is 15.4 Å². The van der Waals surface area contributed by atoms with E-state index in [1.165, 1.54) is 0 Å². The second-order valence-corrected chi connectivity index (χ2v) is 3.66. The van der Waals surface area contributed by atoms with Crippen molar-refractivity contribution in [1.82, 2.24) is 10.6 Å². The van der Waals surface area contributed by atoms with E-state index in [1.807, 2.05) is 6.92 Å². The number of amides is 2. The van der Waals surface area contributed by atoms with Crippen molar-refractivity contribution < 1.29 is 9.53 Å². The van der Waals surface area contributed by atoms with Crippen molar-refractivity contribution in [3.8, 4) is 0 Å². The average molecular weight is 186 g/mol. The molecule has 2 amide bonds. The predicted octanol–water partition coefficient (Wildman–Crippen LogP) is 0.875. The Kier molecular flexibility index (Phi) is 3.54. The molecular formula is C9H18N2O2. The lowest BCUT2D eigenvalue weighted by Crippen LogP contribution is -2.52. The van der Waals surface area contributed by atoms with Crippen LogP contribution < -0.4 is 10.6 Å². The van der Waals surface area contributed by atoms with Crippen LogP contribution in [0.4, 0.5) is 4.79 Å². The first-order chi connectivity index (χ1) is 6.16. The SMILES string of the molecule is CCNC(=O)NC1(C)CCOCC1. The van der Waals surface area contributed by atoms with Crippen LogP contribution in [0.25, 0.3) is 0 Å². The summed E-state index contributed by atoms with van der Waals surface area (Å²) in [5.74, 6) is 0. The van der Waals surface area contributed by atoms with Gasteiger partial charge >= 0.3 is 6.03 Å². The van der Waals surface area contributed by atoms with Crippen LogP contribution in [0.2, 0.25) is 0 Å². The summed E-state index contributed by atoms with van der Waals surface area (Å²) in [5.41, 5.74) is -0.0858. The molecule has 76 valence electrons. The highest BCUT2D eigenvalue weighted by Gasteiger charge is 2.28. The van der Waals surface area contributed by atoms with Crippen molar-refractivity contribution in [3.05, 3.63) is 0 Å². The maximum atomic E-state index is 11.3. The van der Waals surface area contributed by atoms with Crippen molar-refractivity contribution in [2.75, 3.05) is 19.8 Å². The number of urea groups is 1. The molecule has 0 spiro atoms. The lowest BCUT2D eigenvalue weighted by Gasteiger charge is -2.34. The summed E-state index contributed by atoms with van der Waals surface area (Å²) in [5, 5.41) is 5.69. The Bertz CT molecular complexity index is 176. The highest BCUT2D eigenvalue weighted by molar-refractivity contribution is 5.74. The zero-order chi connectivity index (χ0) is 9.73. The van der Waals surface area contributed by atoms with Crippen LogP contribution in [0.15, 0.2) is 0 Å². The van der Waals surface area contributed by atoms with Gasteiger partial charge in [-0.15, -0.1) is 0 Å². The molecule has 1 aliphatic heterocycles. The standard InChI is InChI=1S/C9H18N2O2/c1-3-10-8(12)11-9(2)4-6-13-7-5-9/h3-7H2,1-2H3,(H2,10,11,12). The minimum Gasteiger partial charge on any atom is -0.381 e. The normalized spacial score (nSPS) is 20.8. The van der Waals surface area contributed by atoms with E-state index in [0.29, 0.717) is 6.54 Å². The lowest BCUT2D eigenvalue weighted by molar-refractivity contribution is 0.0492. The van der Waals surface area contributed by atoms with Crippen LogP contribution in [0.3, 0.4) is 0 Å². The highest BCUT2D eigenvalue weighted by Crippen LogP contribution is 2.19. The largest absolute Gasteiger partial charge is 0.381 e. The number of carbonyl (C=O) groups is 1. The Morgan fingerprint density at radius 3 is 2.62 bits per heavy atom. The minimum atomic E-state index is -0.0858. The van der Waals surface area contributed by atoms with E-state index in [1.54, 1.807) is 0 Å². The molecule has 0 aliphatic carbocycles. The van der Waals surface area contributed by atoms with Crippen LogP contribution in [0, 0.1) is 0 Å². The summed E-state index contributed by atoms with van der Waals surface area (Å²) in [6.07, 6.45) is 1.79. The van der Waals surface area contributed by atoms with Gasteiger partial charge in [-0.1, -0.05) is 0 Å². The van der Waals surface area contributed by atoms with E-state index >= 15 is 0 Å². The summed E-state index contributed by atoms with van der Waals surface area (Å²) in [6.45, 7) is 6.11. The molecule has 4 heteroatoms. The van der Waals surface area contributed by atoms with Crippen molar-refractivity contribution in [2.45, 2.75) is 32.2 Å². The van der Waals surface area contributed by atoms with Gasteiger partial charge in [-0.05, 0) is 26.7 Å². The van der Waals surface area contributed by atoms with Crippen LogP contribution in [-0.4, -0.2) is 31.3 Å². The van der Waals surface area contributed by atoms with Gasteiger partial charge in [0.2, 0.25) is 0 Å². The molecule has 0 radical (unpaired) electrons. The maximum absolute atomic E-state index is 11.3. The molecule has 4 nitrogen and oxygen atoms in total. The summed E-state index contributed by atoms with van der Waals surface area (Å²) >= 11 is 0. The third-order valence-electron chi connectivity index (χ3n) is 2.35. The molecule has 1 rings (SSSR count). The van der Waals surface area contributed by atoms with Gasteiger partial charge in [0.15, 0.2) is 0 Å². The molecule has 2 N–H and O–H groups in total. The van der Waals surface area contributed by atoms with E-state index in [2.05, 4.69) is 17.6 Å². The molecule has 0 aromatic rings. The van der Waals surface area contributed by atoms with Gasteiger partial charge in [-0.2, -0.15) is 0 Å². The Morgan fingerprint density at radius 2 is 2.08 bits per heavy atom. The molecule has 1 saturated heterocycles. The molecule has 0 aromatic heterocycles. The summed E-state index contributed by atoms with van der Waals surface area (Å²) in [6, 6.07) is -0.0769. The lowest BCUT2D eigenvalue weighted by atomic mass is 9.93. The first-order valence-corrected chi connectivity index (χ1v) is 4.80. The molecule has 0 aromatic carbocycles. The number of rotatable bonds is 2. The molecule has 0 bridgehead atoms. The number of ether oxygens (including phenoxy) is 1. The number of nitrogens with one attached hydrogen (secondary N) is 2. The third kappa shape index (κ3) is 3.22. The summed E-state index contributed by atoms with van der Waals surface area (Å²) in [7, 11) is 0. The first kappa shape index (κ1) is 10.3. The van der Waals surface area contributed by atoms with Crippen LogP contribution in [0.1, 0.15) is 26.7 Å². The molecule has 1 fully saturated rings. The predicted molar refractivity (Wildman–Crippen MR) is 50.7 cm³/mol. The molecule has 13 heavy (non-hydrogen) atoms. The van der Waals surface area contributed by atoms with Gasteiger partial charge in [0.05, 0.1) is 0 Å². The second kappa shape index (κ2) is 4.46. The number of hydrogen-bond acceptors (Lipinski definition) is 2. The van der Waals surface area contributed by atoms with E-state index in [0.717, 1.165) is 26.1 Å². The molecule has 1 heterocycles. The first-order valence-electron chi connectivity index (χ1n) is 4.80. The Balaban J connectivity index is 2.36. The van der Waals surface area contributed by atoms with E-state index < -0.39 is 0 Å². The van der Waals surface area contributed by atoms with E-state index in [-0.39, 0.29) is 11.6 Å². The van der Waals surface area contributed by atoms with Crippen LogP contribution in [-0.2, 0) is 4.74 Å². The molecule has 0 unspecified atom stereocenters. The van der Waals surface area contributed by atoms with Crippen molar-refractivity contribution in [2.24, 2.45) is 0 Å². The fraction of sp³-hybridized carbons (Fsp3) is 0.889. The van der Waals surface area contributed by atoms with Crippen molar-refractivity contribution in [1.29, 1.82) is 0 Å². The van der Waals surface area contributed by atoms with Gasteiger partial charge in [0, 0.05) is 25.3 Å². The Morgan fingerprint density at radius 1 is 1.46 bits per heavy atom. The molecule has 0 saturated carbocycles.